The first-order valence-electron chi connectivity index (χ1n) is 20.4. The molecule has 0 aliphatic heterocycles. The van der Waals surface area contributed by atoms with Gasteiger partial charge in [0.25, 0.3) is 0 Å². The molecule has 3 aromatic carbocycles. The van der Waals surface area contributed by atoms with E-state index in [1.54, 1.807) is 41.5 Å². The number of nitrogens with one attached hydrogen (secondary N) is 3. The van der Waals surface area contributed by atoms with Crippen LogP contribution in [-0.4, -0.2) is 32.0 Å². The molecule has 3 unspecified atom stereocenters. The number of aromatic nitrogens is 3. The largest absolute Gasteiger partial charge is 0.425 e. The summed E-state index contributed by atoms with van der Waals surface area (Å²) < 4.78 is 18.2. The topological polar surface area (TPSA) is 181 Å². The van der Waals surface area contributed by atoms with Crippen molar-refractivity contribution in [1.29, 1.82) is 0 Å². The van der Waals surface area contributed by atoms with Crippen molar-refractivity contribution >= 4 is 35.0 Å². The molecule has 0 saturated carbocycles. The van der Waals surface area contributed by atoms with E-state index in [4.69, 9.17) is 14.2 Å². The van der Waals surface area contributed by atoms with Gasteiger partial charge in [0.15, 0.2) is 18.7 Å². The lowest BCUT2D eigenvalue weighted by Crippen LogP contribution is -2.58. The number of alkyl carbamates (subject to hydrolysis) is 3. The SMILES string of the molecule is C=C(C)c1ccc(C(C)(C)NC(=O)OC(C)n2c(=O)n(C(C)OC(=O)NC(C)(C)c3ccc(C(=C)C)cc3)c(=O)n(C(C)OC(=O)NC(C)(C)c3ccc(C(=C)C)cc3)c2=O)cc1. The number of carbonyl (C=O) groups excluding carboxylic acids is 3. The Hall–Kier alpha value is -6.90. The fourth-order valence-electron chi connectivity index (χ4n) is 6.73. The van der Waals surface area contributed by atoms with E-state index in [1.165, 1.54) is 20.8 Å². The van der Waals surface area contributed by atoms with Crippen LogP contribution in [0.4, 0.5) is 14.4 Å². The average Bonchev–Trinajstić information content (AvgIpc) is 3.17. The van der Waals surface area contributed by atoms with E-state index in [9.17, 15) is 28.8 Å². The van der Waals surface area contributed by atoms with Crippen LogP contribution >= 0.6 is 0 Å². The predicted octanol–water partition coefficient (Wildman–Crippen LogP) is 8.81. The summed E-state index contributed by atoms with van der Waals surface area (Å²) in [6.07, 6.45) is -7.94. The van der Waals surface area contributed by atoms with Crippen LogP contribution in [0.3, 0.4) is 0 Å². The quantitative estimate of drug-likeness (QED) is 0.0984. The van der Waals surface area contributed by atoms with Gasteiger partial charge >= 0.3 is 35.3 Å². The zero-order valence-corrected chi connectivity index (χ0v) is 38.3. The molecule has 0 spiro atoms. The molecular weight excluding hydrogens is 805 g/mol. The Bertz CT molecular complexity index is 2260. The lowest BCUT2D eigenvalue weighted by molar-refractivity contribution is 0.0228. The number of amides is 3. The minimum absolute atomic E-state index is 0.491. The first-order valence-corrected chi connectivity index (χ1v) is 20.4. The molecule has 0 radical (unpaired) electrons. The van der Waals surface area contributed by atoms with Crippen molar-refractivity contribution in [2.45, 2.75) is 118 Å². The van der Waals surface area contributed by atoms with Gasteiger partial charge < -0.3 is 30.2 Å². The highest BCUT2D eigenvalue weighted by atomic mass is 16.6. The van der Waals surface area contributed by atoms with Crippen LogP contribution in [0, 0.1) is 0 Å². The normalized spacial score (nSPS) is 13.1. The number of hydrogen-bond acceptors (Lipinski definition) is 9. The molecule has 0 aliphatic carbocycles. The van der Waals surface area contributed by atoms with Gasteiger partial charge in [-0.15, -0.1) is 0 Å². The number of hydrogen-bond donors (Lipinski definition) is 3. The Labute approximate surface area is 368 Å². The molecule has 3 atom stereocenters. The summed E-state index contributed by atoms with van der Waals surface area (Å²) in [7, 11) is 0. The third-order valence-corrected chi connectivity index (χ3v) is 10.7. The van der Waals surface area contributed by atoms with Crippen LogP contribution in [0.5, 0.6) is 0 Å². The standard InChI is InChI=1S/C48H60N6O9/c1-28(2)34-16-22-37(23-17-34)46(10,11)49-40(55)61-31(7)52-43(58)53(32(8)62-41(56)50-47(12,13)38-24-18-35(19-25-38)29(3)4)45(60)54(44(52)59)33(9)63-42(57)51-48(14,15)39-26-20-36(21-27-39)30(5)6/h16-27,31-33H,1,3,5H2,2,4,6-15H3,(H,49,55)(H,50,56)(H,51,57). The molecule has 15 heteroatoms. The van der Waals surface area contributed by atoms with E-state index >= 15 is 0 Å². The molecule has 15 nitrogen and oxygen atoms in total. The van der Waals surface area contributed by atoms with Crippen molar-refractivity contribution in [2.24, 2.45) is 0 Å². The number of allylic oxidation sites excluding steroid dienone is 3. The van der Waals surface area contributed by atoms with Gasteiger partial charge in [-0.05, 0) is 116 Å². The molecule has 0 bridgehead atoms. The predicted molar refractivity (Wildman–Crippen MR) is 245 cm³/mol. The van der Waals surface area contributed by atoms with Gasteiger partial charge in [0.1, 0.15) is 0 Å². The lowest BCUT2D eigenvalue weighted by atomic mass is 9.93. The first kappa shape index (κ1) is 48.8. The summed E-state index contributed by atoms with van der Waals surface area (Å²) >= 11 is 0. The summed E-state index contributed by atoms with van der Waals surface area (Å²) in [6, 6.07) is 22.1. The smallest absolute Gasteiger partial charge is 0.409 e. The highest BCUT2D eigenvalue weighted by Gasteiger charge is 2.32. The lowest BCUT2D eigenvalue weighted by Gasteiger charge is -2.29. The molecule has 4 aromatic rings. The second-order valence-electron chi connectivity index (χ2n) is 17.3. The van der Waals surface area contributed by atoms with Gasteiger partial charge in [-0.2, -0.15) is 0 Å². The van der Waals surface area contributed by atoms with Crippen LogP contribution in [0.15, 0.2) is 107 Å². The zero-order chi connectivity index (χ0) is 47.4. The maximum Gasteiger partial charge on any atom is 0.409 e. The third kappa shape index (κ3) is 11.5. The van der Waals surface area contributed by atoms with Crippen LogP contribution in [0.25, 0.3) is 16.7 Å². The Morgan fingerprint density at radius 1 is 0.444 bits per heavy atom. The highest BCUT2D eigenvalue weighted by molar-refractivity contribution is 5.70. The van der Waals surface area contributed by atoms with Gasteiger partial charge in [-0.25, -0.2) is 42.5 Å². The summed E-state index contributed by atoms with van der Waals surface area (Å²) in [5.74, 6) is 0. The van der Waals surface area contributed by atoms with Crippen molar-refractivity contribution < 1.29 is 28.6 Å². The van der Waals surface area contributed by atoms with Crippen molar-refractivity contribution in [1.82, 2.24) is 29.7 Å². The Kier molecular flexibility index (Phi) is 14.7. The van der Waals surface area contributed by atoms with Gasteiger partial charge in [0, 0.05) is 0 Å². The number of ether oxygens (including phenoxy) is 3. The summed E-state index contributed by atoms with van der Waals surface area (Å²) in [6.45, 7) is 31.6. The van der Waals surface area contributed by atoms with Crippen molar-refractivity contribution in [3.8, 4) is 0 Å². The molecule has 0 aliphatic rings. The van der Waals surface area contributed by atoms with Crippen molar-refractivity contribution in [3.05, 3.63) is 157 Å². The summed E-state index contributed by atoms with van der Waals surface area (Å²) in [5.41, 5.74) is 0.706. The average molecular weight is 865 g/mol. The molecule has 4 rings (SSSR count). The molecule has 1 heterocycles. The monoisotopic (exact) mass is 864 g/mol. The fraction of sp³-hybridized carbons (Fsp3) is 0.375. The van der Waals surface area contributed by atoms with Gasteiger partial charge in [0.2, 0.25) is 0 Å². The number of rotatable bonds is 15. The van der Waals surface area contributed by atoms with Crippen LogP contribution < -0.4 is 33.0 Å². The second-order valence-corrected chi connectivity index (χ2v) is 17.3. The van der Waals surface area contributed by atoms with E-state index in [-0.39, 0.29) is 0 Å². The van der Waals surface area contributed by atoms with Crippen LogP contribution in [0.2, 0.25) is 0 Å². The number of nitrogens with zero attached hydrogens (tertiary/aromatic N) is 3. The van der Waals surface area contributed by atoms with Crippen molar-refractivity contribution in [2.75, 3.05) is 0 Å². The van der Waals surface area contributed by atoms with Gasteiger partial charge in [-0.1, -0.05) is 109 Å². The molecule has 3 N–H and O–H groups in total. The minimum atomic E-state index is -1.64. The molecule has 3 amide bonds. The zero-order valence-electron chi connectivity index (χ0n) is 38.3. The molecule has 0 saturated heterocycles. The van der Waals surface area contributed by atoms with Gasteiger partial charge in [0.05, 0.1) is 16.6 Å². The molecule has 0 fully saturated rings. The summed E-state index contributed by atoms with van der Waals surface area (Å²) in [4.78, 5) is 82.8. The highest BCUT2D eigenvalue weighted by Crippen LogP contribution is 2.26. The van der Waals surface area contributed by atoms with E-state index in [0.717, 1.165) is 50.1 Å². The van der Waals surface area contributed by atoms with Crippen LogP contribution in [-0.2, 0) is 30.8 Å². The maximum absolute atomic E-state index is 14.2. The summed E-state index contributed by atoms with van der Waals surface area (Å²) in [5, 5.41) is 8.24. The Morgan fingerprint density at radius 3 is 0.810 bits per heavy atom. The molecule has 63 heavy (non-hydrogen) atoms. The van der Waals surface area contributed by atoms with Crippen LogP contribution in [0.1, 0.15) is 135 Å². The van der Waals surface area contributed by atoms with Crippen molar-refractivity contribution in [3.63, 3.8) is 0 Å². The minimum Gasteiger partial charge on any atom is -0.425 e. The number of carbonyl (C=O) groups is 3. The molecule has 1 aromatic heterocycles. The van der Waals surface area contributed by atoms with E-state index in [2.05, 4.69) is 35.7 Å². The van der Waals surface area contributed by atoms with E-state index in [0.29, 0.717) is 13.7 Å². The maximum atomic E-state index is 14.2. The fourth-order valence-corrected chi connectivity index (χ4v) is 6.73. The molecule has 336 valence electrons. The Morgan fingerprint density at radius 2 is 0.635 bits per heavy atom. The van der Waals surface area contributed by atoms with E-state index < -0.39 is 70.6 Å². The number of benzene rings is 3. The van der Waals surface area contributed by atoms with E-state index in [1.807, 2.05) is 93.6 Å². The third-order valence-electron chi connectivity index (χ3n) is 10.7. The Balaban J connectivity index is 1.69. The molecular formula is C48H60N6O9. The first-order chi connectivity index (χ1) is 29.2. The van der Waals surface area contributed by atoms with Gasteiger partial charge in [-0.3, -0.25) is 0 Å². The second kappa shape index (κ2) is 19.0.